The zero-order chi connectivity index (χ0) is 21.3. The van der Waals surface area contributed by atoms with Gasteiger partial charge in [0.2, 0.25) is 15.9 Å². The Morgan fingerprint density at radius 1 is 1.10 bits per heavy atom. The van der Waals surface area contributed by atoms with Crippen LogP contribution in [0.25, 0.3) is 0 Å². The maximum atomic E-state index is 12.6. The van der Waals surface area contributed by atoms with Gasteiger partial charge in [-0.25, -0.2) is 16.8 Å². The van der Waals surface area contributed by atoms with Crippen molar-refractivity contribution in [3.8, 4) is 0 Å². The van der Waals surface area contributed by atoms with E-state index in [-0.39, 0.29) is 29.2 Å². The zero-order valence-corrected chi connectivity index (χ0v) is 18.8. The van der Waals surface area contributed by atoms with Crippen LogP contribution in [0.15, 0.2) is 0 Å². The Balaban J connectivity index is 1.48. The van der Waals surface area contributed by atoms with Gasteiger partial charge >= 0.3 is 0 Å². The molecule has 1 amide bonds. The predicted octanol–water partition coefficient (Wildman–Crippen LogP) is -0.945. The number of piperazine rings is 1. The average Bonchev–Trinajstić information content (AvgIpc) is 2.89. The highest BCUT2D eigenvalue weighted by Crippen LogP contribution is 2.43. The average molecular weight is 450 g/mol. The summed E-state index contributed by atoms with van der Waals surface area (Å²) < 4.78 is 50.5. The Labute approximate surface area is 174 Å². The molecule has 3 aliphatic heterocycles. The van der Waals surface area contributed by atoms with Gasteiger partial charge in [0.05, 0.1) is 17.3 Å². The number of carbonyl (C=O) groups is 1. The Bertz CT molecular complexity index is 804. The number of hydrogen-bond donors (Lipinski definition) is 1. The first-order valence-electron chi connectivity index (χ1n) is 10.4. The molecule has 0 aromatic rings. The lowest BCUT2D eigenvalue weighted by Gasteiger charge is -2.42. The van der Waals surface area contributed by atoms with E-state index in [0.29, 0.717) is 52.1 Å². The smallest absolute Gasteiger partial charge is 0.237 e. The van der Waals surface area contributed by atoms with Crippen molar-refractivity contribution < 1.29 is 21.6 Å². The summed E-state index contributed by atoms with van der Waals surface area (Å²) in [5, 5.41) is 0. The lowest BCUT2D eigenvalue weighted by Crippen LogP contribution is -2.59. The summed E-state index contributed by atoms with van der Waals surface area (Å²) >= 11 is 0. The maximum Gasteiger partial charge on any atom is 0.237 e. The molecule has 3 heterocycles. The lowest BCUT2D eigenvalue weighted by molar-refractivity contribution is -0.130. The van der Waals surface area contributed by atoms with Crippen LogP contribution in [0.4, 0.5) is 0 Å². The quantitative estimate of drug-likeness (QED) is 0.482. The van der Waals surface area contributed by atoms with Gasteiger partial charge in [0.15, 0.2) is 9.84 Å². The third kappa shape index (κ3) is 4.95. The Kier molecular flexibility index (Phi) is 6.94. The van der Waals surface area contributed by atoms with Crippen LogP contribution in [0.1, 0.15) is 32.6 Å². The first kappa shape index (κ1) is 22.9. The fourth-order valence-corrected chi connectivity index (χ4v) is 7.12. The van der Waals surface area contributed by atoms with Crippen LogP contribution in [0.2, 0.25) is 0 Å². The first-order chi connectivity index (χ1) is 13.6. The number of fused-ring (bicyclic) bond motifs is 2. The number of sulfone groups is 1. The van der Waals surface area contributed by atoms with Crippen molar-refractivity contribution in [2.24, 2.45) is 5.73 Å². The SMILES string of the molecule is CCS(=O)(=O)N1CCN(CCS(=O)(=O)CCN2[C@@H]3C[CH]C[C@@]2(C(N)=O)CC3)CC1. The number of primary amides is 1. The van der Waals surface area contributed by atoms with Crippen LogP contribution in [0.3, 0.4) is 0 Å². The van der Waals surface area contributed by atoms with Gasteiger partial charge in [-0.05, 0) is 39.0 Å². The van der Waals surface area contributed by atoms with E-state index in [1.54, 1.807) is 6.92 Å². The molecule has 0 aliphatic carbocycles. The minimum atomic E-state index is -3.28. The van der Waals surface area contributed by atoms with Gasteiger partial charge < -0.3 is 5.73 Å². The van der Waals surface area contributed by atoms with Crippen molar-refractivity contribution in [1.29, 1.82) is 0 Å². The van der Waals surface area contributed by atoms with Crippen molar-refractivity contribution in [1.82, 2.24) is 14.1 Å². The predicted molar refractivity (Wildman–Crippen MR) is 111 cm³/mol. The summed E-state index contributed by atoms with van der Waals surface area (Å²) in [5.74, 6) is -0.207. The highest BCUT2D eigenvalue weighted by Gasteiger charge is 2.52. The van der Waals surface area contributed by atoms with Crippen LogP contribution < -0.4 is 5.73 Å². The molecule has 2 N–H and O–H groups in total. The topological polar surface area (TPSA) is 121 Å². The number of amides is 1. The molecule has 3 aliphatic rings. The van der Waals surface area contributed by atoms with E-state index in [4.69, 9.17) is 5.73 Å². The van der Waals surface area contributed by atoms with Crippen LogP contribution >= 0.6 is 0 Å². The van der Waals surface area contributed by atoms with Gasteiger partial charge in [-0.2, -0.15) is 4.31 Å². The standard InChI is InChI=1S/C18H33N4O5S2/c1-2-29(26,27)21-10-8-20(9-11-21)12-14-28(24,25)15-13-22-16-4-3-6-18(22,7-5-16)17(19)23/h3,16H,2,4-15H2,1H3,(H2,19,23)/t16-,18+/m1/s1. The van der Waals surface area contributed by atoms with Crippen molar-refractivity contribution >= 4 is 25.8 Å². The van der Waals surface area contributed by atoms with E-state index in [1.165, 1.54) is 4.31 Å². The van der Waals surface area contributed by atoms with Gasteiger partial charge in [0, 0.05) is 45.3 Å². The minimum absolute atomic E-state index is 0.0166. The number of sulfonamides is 1. The maximum absolute atomic E-state index is 12.6. The number of hydrogen-bond acceptors (Lipinski definition) is 7. The first-order valence-corrected chi connectivity index (χ1v) is 13.8. The molecule has 0 unspecified atom stereocenters. The fourth-order valence-electron chi connectivity index (χ4n) is 4.82. The normalized spacial score (nSPS) is 29.9. The highest BCUT2D eigenvalue weighted by atomic mass is 32.2. The molecule has 11 heteroatoms. The molecule has 1 radical (unpaired) electrons. The number of nitrogens with two attached hydrogens (primary N) is 1. The van der Waals surface area contributed by atoms with E-state index in [0.717, 1.165) is 12.8 Å². The van der Waals surface area contributed by atoms with Crippen molar-refractivity contribution in [3.63, 3.8) is 0 Å². The second-order valence-electron chi connectivity index (χ2n) is 8.30. The summed E-state index contributed by atoms with van der Waals surface area (Å²) in [5.41, 5.74) is 4.96. The summed E-state index contributed by atoms with van der Waals surface area (Å²) in [6, 6.07) is 0.208. The molecule has 9 nitrogen and oxygen atoms in total. The van der Waals surface area contributed by atoms with E-state index in [1.807, 2.05) is 9.80 Å². The Morgan fingerprint density at radius 2 is 1.76 bits per heavy atom. The van der Waals surface area contributed by atoms with Crippen LogP contribution in [-0.2, 0) is 24.7 Å². The number of rotatable bonds is 9. The van der Waals surface area contributed by atoms with E-state index in [9.17, 15) is 21.6 Å². The van der Waals surface area contributed by atoms with Gasteiger partial charge in [-0.15, -0.1) is 0 Å². The van der Waals surface area contributed by atoms with Crippen molar-refractivity contribution in [2.75, 3.05) is 56.5 Å². The van der Waals surface area contributed by atoms with Crippen molar-refractivity contribution in [2.45, 2.75) is 44.2 Å². The number of carbonyl (C=O) groups excluding carboxylic acids is 1. The van der Waals surface area contributed by atoms with Gasteiger partial charge in [-0.3, -0.25) is 14.6 Å². The van der Waals surface area contributed by atoms with Crippen LogP contribution in [0.5, 0.6) is 0 Å². The van der Waals surface area contributed by atoms with Crippen LogP contribution in [-0.4, -0.2) is 105 Å². The van der Waals surface area contributed by atoms with Gasteiger partial charge in [0.1, 0.15) is 5.54 Å². The zero-order valence-electron chi connectivity index (χ0n) is 17.1. The number of nitrogens with zero attached hydrogens (tertiary/aromatic N) is 3. The molecule has 167 valence electrons. The van der Waals surface area contributed by atoms with Crippen LogP contribution in [0, 0.1) is 6.42 Å². The van der Waals surface area contributed by atoms with Crippen molar-refractivity contribution in [3.05, 3.63) is 6.42 Å². The molecule has 3 fully saturated rings. The summed E-state index contributed by atoms with van der Waals surface area (Å²) in [4.78, 5) is 16.1. The largest absolute Gasteiger partial charge is 0.368 e. The van der Waals surface area contributed by atoms with E-state index >= 15 is 0 Å². The molecule has 0 spiro atoms. The number of piperidine rings is 1. The Morgan fingerprint density at radius 3 is 2.38 bits per heavy atom. The summed E-state index contributed by atoms with van der Waals surface area (Å²) in [6.45, 7) is 4.27. The third-order valence-electron chi connectivity index (χ3n) is 6.71. The second kappa shape index (κ2) is 8.78. The molecule has 2 bridgehead atoms. The monoisotopic (exact) mass is 449 g/mol. The molecule has 2 atom stereocenters. The molecule has 0 aromatic heterocycles. The molecule has 0 saturated carbocycles. The molecular formula is C18H33N4O5S2. The molecule has 0 aromatic carbocycles. The summed E-state index contributed by atoms with van der Waals surface area (Å²) in [6.07, 6.45) is 5.16. The van der Waals surface area contributed by atoms with E-state index in [2.05, 4.69) is 6.42 Å². The van der Waals surface area contributed by atoms with E-state index < -0.39 is 25.4 Å². The Hall–Kier alpha value is -0.750. The third-order valence-corrected chi connectivity index (χ3v) is 10.2. The fraction of sp³-hybridized carbons (Fsp3) is 0.889. The molecule has 29 heavy (non-hydrogen) atoms. The minimum Gasteiger partial charge on any atom is -0.368 e. The molecule has 3 saturated heterocycles. The molecule has 3 rings (SSSR count). The molecular weight excluding hydrogens is 416 g/mol. The summed E-state index contributed by atoms with van der Waals surface area (Å²) in [7, 11) is -6.46. The van der Waals surface area contributed by atoms with Gasteiger partial charge in [0.25, 0.3) is 0 Å². The van der Waals surface area contributed by atoms with Gasteiger partial charge in [-0.1, -0.05) is 0 Å². The lowest BCUT2D eigenvalue weighted by atomic mass is 9.87. The highest BCUT2D eigenvalue weighted by molar-refractivity contribution is 7.91. The second-order valence-corrected chi connectivity index (χ2v) is 12.9.